The molecular weight excluding hydrogens is 309 g/mol. The average molecular weight is 325 g/mol. The van der Waals surface area contributed by atoms with Crippen LogP contribution in [0.3, 0.4) is 0 Å². The van der Waals surface area contributed by atoms with Crippen LogP contribution in [0.15, 0.2) is 54.7 Å². The van der Waals surface area contributed by atoms with Crippen molar-refractivity contribution in [2.75, 3.05) is 0 Å². The van der Waals surface area contributed by atoms with Crippen LogP contribution in [0.4, 0.5) is 4.39 Å². The number of nitrogens with one attached hydrogen (secondary N) is 2. The van der Waals surface area contributed by atoms with Gasteiger partial charge in [-0.25, -0.2) is 4.39 Å². The van der Waals surface area contributed by atoms with E-state index in [0.29, 0.717) is 11.1 Å². The first-order valence-corrected chi connectivity index (χ1v) is 7.42. The number of hydrogen-bond acceptors (Lipinski definition) is 2. The third kappa shape index (κ3) is 3.27. The fraction of sp³-hybridized carbons (Fsp3) is 0.111. The van der Waals surface area contributed by atoms with Crippen LogP contribution in [0.5, 0.6) is 0 Å². The first-order valence-electron chi connectivity index (χ1n) is 7.42. The fourth-order valence-corrected chi connectivity index (χ4v) is 2.55. The molecule has 2 aromatic carbocycles. The number of rotatable bonds is 3. The summed E-state index contributed by atoms with van der Waals surface area (Å²) in [5.41, 5.74) is 6.86. The second-order valence-electron chi connectivity index (χ2n) is 5.48. The molecule has 5 nitrogen and oxygen atoms in total. The maximum absolute atomic E-state index is 12.8. The minimum Gasteiger partial charge on any atom is -0.350 e. The van der Waals surface area contributed by atoms with E-state index < -0.39 is 0 Å². The van der Waals surface area contributed by atoms with Crippen molar-refractivity contribution in [1.82, 2.24) is 15.4 Å². The third-order valence-corrected chi connectivity index (χ3v) is 3.73. The minimum atomic E-state index is -0.390. The molecule has 3 aromatic rings. The Kier molecular flexibility index (Phi) is 4.29. The molecule has 0 fully saturated rings. The highest BCUT2D eigenvalue weighted by atomic mass is 19.1. The number of halogens is 1. The molecule has 3 rings (SSSR count). The molecule has 1 heterocycles. The van der Waals surface area contributed by atoms with Crippen molar-refractivity contribution in [3.63, 3.8) is 0 Å². The predicted molar refractivity (Wildman–Crippen MR) is 88.6 cm³/mol. The van der Waals surface area contributed by atoms with Crippen LogP contribution in [0.2, 0.25) is 0 Å². The van der Waals surface area contributed by atoms with Crippen molar-refractivity contribution >= 4 is 22.7 Å². The number of fused-ring (bicyclic) bond motifs is 1. The van der Waals surface area contributed by atoms with Crippen LogP contribution in [0, 0.1) is 5.82 Å². The van der Waals surface area contributed by atoms with Crippen molar-refractivity contribution in [2.45, 2.75) is 6.42 Å². The Balaban J connectivity index is 1.64. The van der Waals surface area contributed by atoms with Crippen LogP contribution in [0.25, 0.3) is 10.9 Å². The molecule has 0 saturated heterocycles. The van der Waals surface area contributed by atoms with Crippen LogP contribution >= 0.6 is 0 Å². The standard InChI is InChI=1S/C18H16FN3O2/c1-22-11-15(14-4-2-3-5-16(14)22)18(24)21-20-17(23)10-12-6-8-13(19)9-7-12/h2-9,11H,10H2,1H3,(H,20,23)(H,21,24). The van der Waals surface area contributed by atoms with E-state index in [1.54, 1.807) is 6.20 Å². The molecule has 2 amide bonds. The highest BCUT2D eigenvalue weighted by molar-refractivity contribution is 6.07. The summed E-state index contributed by atoms with van der Waals surface area (Å²) >= 11 is 0. The first kappa shape index (κ1) is 15.7. The number of aryl methyl sites for hydroxylation is 1. The largest absolute Gasteiger partial charge is 0.350 e. The van der Waals surface area contributed by atoms with Gasteiger partial charge in [-0.05, 0) is 23.8 Å². The van der Waals surface area contributed by atoms with Gasteiger partial charge in [0, 0.05) is 24.1 Å². The Bertz CT molecular complexity index is 900. The van der Waals surface area contributed by atoms with E-state index in [0.717, 1.165) is 10.9 Å². The molecule has 0 unspecified atom stereocenters. The summed E-state index contributed by atoms with van der Waals surface area (Å²) in [4.78, 5) is 24.2. The fourth-order valence-electron chi connectivity index (χ4n) is 2.55. The van der Waals surface area contributed by atoms with Crippen molar-refractivity contribution in [3.05, 3.63) is 71.7 Å². The molecule has 1 aromatic heterocycles. The molecule has 122 valence electrons. The van der Waals surface area contributed by atoms with E-state index in [9.17, 15) is 14.0 Å². The quantitative estimate of drug-likeness (QED) is 0.726. The van der Waals surface area contributed by atoms with Gasteiger partial charge >= 0.3 is 0 Å². The lowest BCUT2D eigenvalue weighted by Crippen LogP contribution is -2.42. The van der Waals surface area contributed by atoms with E-state index in [2.05, 4.69) is 10.9 Å². The number of carbonyl (C=O) groups is 2. The Morgan fingerprint density at radius 2 is 1.75 bits per heavy atom. The van der Waals surface area contributed by atoms with Gasteiger partial charge in [0.05, 0.1) is 12.0 Å². The summed E-state index contributed by atoms with van der Waals surface area (Å²) in [6.45, 7) is 0. The highest BCUT2D eigenvalue weighted by Crippen LogP contribution is 2.19. The molecule has 2 N–H and O–H groups in total. The Morgan fingerprint density at radius 3 is 2.50 bits per heavy atom. The number of amides is 2. The molecule has 0 bridgehead atoms. The summed E-state index contributed by atoms with van der Waals surface area (Å²) < 4.78 is 14.7. The highest BCUT2D eigenvalue weighted by Gasteiger charge is 2.14. The van der Waals surface area contributed by atoms with E-state index in [4.69, 9.17) is 0 Å². The molecule has 6 heteroatoms. The maximum Gasteiger partial charge on any atom is 0.271 e. The number of para-hydroxylation sites is 1. The molecular formula is C18H16FN3O2. The topological polar surface area (TPSA) is 63.1 Å². The molecule has 0 saturated carbocycles. The van der Waals surface area contributed by atoms with Gasteiger partial charge in [0.15, 0.2) is 0 Å². The third-order valence-electron chi connectivity index (χ3n) is 3.73. The van der Waals surface area contributed by atoms with Gasteiger partial charge in [-0.1, -0.05) is 30.3 Å². The number of hydrogen-bond donors (Lipinski definition) is 2. The summed E-state index contributed by atoms with van der Waals surface area (Å²) in [5.74, 6) is -1.13. The molecule has 0 aliphatic carbocycles. The average Bonchev–Trinajstić information content (AvgIpc) is 2.92. The normalized spacial score (nSPS) is 10.6. The van der Waals surface area contributed by atoms with Gasteiger partial charge < -0.3 is 4.57 Å². The van der Waals surface area contributed by atoms with Gasteiger partial charge in [0.25, 0.3) is 5.91 Å². The lowest BCUT2D eigenvalue weighted by atomic mass is 10.1. The second-order valence-corrected chi connectivity index (χ2v) is 5.48. The number of aromatic nitrogens is 1. The number of benzene rings is 2. The smallest absolute Gasteiger partial charge is 0.271 e. The van der Waals surface area contributed by atoms with Gasteiger partial charge in [-0.2, -0.15) is 0 Å². The lowest BCUT2D eigenvalue weighted by molar-refractivity contribution is -0.121. The molecule has 0 aliphatic rings. The summed E-state index contributed by atoms with van der Waals surface area (Å²) in [5, 5.41) is 0.810. The molecule has 24 heavy (non-hydrogen) atoms. The van der Waals surface area contributed by atoms with Gasteiger partial charge in [0.1, 0.15) is 5.82 Å². The van der Waals surface area contributed by atoms with Crippen molar-refractivity contribution in [3.8, 4) is 0 Å². The van der Waals surface area contributed by atoms with E-state index in [-0.39, 0.29) is 24.1 Å². The molecule has 0 atom stereocenters. The van der Waals surface area contributed by atoms with E-state index >= 15 is 0 Å². The van der Waals surface area contributed by atoms with Crippen molar-refractivity contribution in [1.29, 1.82) is 0 Å². The maximum atomic E-state index is 12.8. The monoisotopic (exact) mass is 325 g/mol. The number of nitrogens with zero attached hydrogens (tertiary/aromatic N) is 1. The summed E-state index contributed by atoms with van der Waals surface area (Å²) in [7, 11) is 1.85. The Labute approximate surface area is 138 Å². The lowest BCUT2D eigenvalue weighted by Gasteiger charge is -2.07. The Hall–Kier alpha value is -3.15. The van der Waals surface area contributed by atoms with Crippen LogP contribution in [0.1, 0.15) is 15.9 Å². The van der Waals surface area contributed by atoms with Gasteiger partial charge in [-0.3, -0.25) is 20.4 Å². The minimum absolute atomic E-state index is 0.0517. The number of hydrazine groups is 1. The zero-order valence-electron chi connectivity index (χ0n) is 13.0. The van der Waals surface area contributed by atoms with Crippen molar-refractivity contribution < 1.29 is 14.0 Å². The van der Waals surface area contributed by atoms with E-state index in [1.165, 1.54) is 24.3 Å². The number of carbonyl (C=O) groups excluding carboxylic acids is 2. The van der Waals surface area contributed by atoms with E-state index in [1.807, 2.05) is 35.9 Å². The molecule has 0 radical (unpaired) electrons. The predicted octanol–water partition coefficient (Wildman–Crippen LogP) is 2.32. The summed E-state index contributed by atoms with van der Waals surface area (Å²) in [6, 6.07) is 13.2. The Morgan fingerprint density at radius 1 is 1.04 bits per heavy atom. The SMILES string of the molecule is Cn1cc(C(=O)NNC(=O)Cc2ccc(F)cc2)c2ccccc21. The van der Waals surface area contributed by atoms with Crippen LogP contribution in [-0.4, -0.2) is 16.4 Å². The molecule has 0 aliphatic heterocycles. The van der Waals surface area contributed by atoms with Gasteiger partial charge in [0.2, 0.25) is 5.91 Å². The van der Waals surface area contributed by atoms with Crippen LogP contribution < -0.4 is 10.9 Å². The molecule has 0 spiro atoms. The zero-order valence-corrected chi connectivity index (χ0v) is 13.0. The van der Waals surface area contributed by atoms with Crippen molar-refractivity contribution in [2.24, 2.45) is 7.05 Å². The summed E-state index contributed by atoms with van der Waals surface area (Å²) in [6.07, 6.45) is 1.77. The first-order chi connectivity index (χ1) is 11.5. The van der Waals surface area contributed by atoms with Gasteiger partial charge in [-0.15, -0.1) is 0 Å². The zero-order chi connectivity index (χ0) is 17.1. The second kappa shape index (κ2) is 6.54. The van der Waals surface area contributed by atoms with Crippen LogP contribution in [-0.2, 0) is 18.3 Å².